The highest BCUT2D eigenvalue weighted by molar-refractivity contribution is 6.23. The summed E-state index contributed by atoms with van der Waals surface area (Å²) in [7, 11) is 0. The summed E-state index contributed by atoms with van der Waals surface area (Å²) in [6, 6.07) is 56.3. The third-order valence-corrected chi connectivity index (χ3v) is 9.48. The van der Waals surface area contributed by atoms with E-state index in [2.05, 4.69) is 140 Å². The van der Waals surface area contributed by atoms with Crippen molar-refractivity contribution in [2.75, 3.05) is 0 Å². The van der Waals surface area contributed by atoms with Crippen LogP contribution < -0.4 is 0 Å². The maximum absolute atomic E-state index is 6.49. The van der Waals surface area contributed by atoms with Gasteiger partial charge in [-0.3, -0.25) is 0 Å². The van der Waals surface area contributed by atoms with E-state index in [9.17, 15) is 0 Å². The molecule has 0 fully saturated rings. The molecule has 46 heavy (non-hydrogen) atoms. The predicted molar refractivity (Wildman–Crippen MR) is 192 cm³/mol. The predicted octanol–water partition coefficient (Wildman–Crippen LogP) is 12.8. The topological polar surface area (TPSA) is 26.3 Å². The van der Waals surface area contributed by atoms with Crippen molar-refractivity contribution in [2.45, 2.75) is 0 Å². The van der Waals surface area contributed by atoms with Crippen LogP contribution in [0.4, 0.5) is 0 Å². The van der Waals surface area contributed by atoms with Gasteiger partial charge in [-0.1, -0.05) is 127 Å². The first-order chi connectivity index (χ1) is 22.8. The Balaban J connectivity index is 1.21. The lowest BCUT2D eigenvalue weighted by molar-refractivity contribution is 0.633. The Kier molecular flexibility index (Phi) is 5.31. The van der Waals surface area contributed by atoms with Gasteiger partial charge in [0.25, 0.3) is 0 Å². The van der Waals surface area contributed by atoms with E-state index in [4.69, 9.17) is 8.83 Å². The molecule has 0 saturated carbocycles. The molecule has 0 aliphatic heterocycles. The summed E-state index contributed by atoms with van der Waals surface area (Å²) in [4.78, 5) is 0. The van der Waals surface area contributed by atoms with E-state index in [-0.39, 0.29) is 0 Å². The summed E-state index contributed by atoms with van der Waals surface area (Å²) >= 11 is 0. The Morgan fingerprint density at radius 3 is 1.33 bits per heavy atom. The third kappa shape index (κ3) is 3.65. The van der Waals surface area contributed by atoms with E-state index in [0.717, 1.165) is 43.9 Å². The highest BCUT2D eigenvalue weighted by Crippen LogP contribution is 2.45. The van der Waals surface area contributed by atoms with Crippen molar-refractivity contribution in [3.05, 3.63) is 158 Å². The molecule has 0 radical (unpaired) electrons. The summed E-state index contributed by atoms with van der Waals surface area (Å²) in [6.07, 6.45) is 0. The van der Waals surface area contributed by atoms with Gasteiger partial charge in [0.15, 0.2) is 11.2 Å². The van der Waals surface area contributed by atoms with Crippen molar-refractivity contribution >= 4 is 65.4 Å². The number of furan rings is 2. The quantitative estimate of drug-likeness (QED) is 0.193. The van der Waals surface area contributed by atoms with Crippen molar-refractivity contribution in [3.8, 4) is 33.4 Å². The molecule has 0 atom stereocenters. The number of rotatable bonds is 3. The van der Waals surface area contributed by atoms with E-state index in [0.29, 0.717) is 0 Å². The smallest absolute Gasteiger partial charge is 0.178 e. The Morgan fingerprint density at radius 2 is 0.696 bits per heavy atom. The standard InChI is InChI=1S/C44H26O2/c1-2-10-27(11-3-1)28-18-20-29(21-19-28)41-32-13-4-6-15-34(32)42(35-16-7-5-14-33(35)41)30-22-25-40-38(26-30)37-24-23-36-31-12-8-9-17-39(31)45-43(36)44(37)46-40/h1-26H. The average molecular weight is 587 g/mol. The summed E-state index contributed by atoms with van der Waals surface area (Å²) < 4.78 is 12.8. The van der Waals surface area contributed by atoms with Gasteiger partial charge in [-0.15, -0.1) is 0 Å². The molecule has 2 heterocycles. The highest BCUT2D eigenvalue weighted by atomic mass is 16.4. The monoisotopic (exact) mass is 586 g/mol. The van der Waals surface area contributed by atoms with Crippen LogP contribution in [0.3, 0.4) is 0 Å². The molecule has 10 aromatic rings. The Bertz CT molecular complexity index is 2720. The number of hydrogen-bond acceptors (Lipinski definition) is 2. The molecule has 0 saturated heterocycles. The number of benzene rings is 8. The Labute approximate surface area is 264 Å². The minimum atomic E-state index is 0.796. The van der Waals surface area contributed by atoms with Crippen molar-refractivity contribution in [3.63, 3.8) is 0 Å². The molecule has 214 valence electrons. The van der Waals surface area contributed by atoms with Gasteiger partial charge in [0.2, 0.25) is 0 Å². The molecule has 2 heteroatoms. The molecule has 0 amide bonds. The number of hydrogen-bond donors (Lipinski definition) is 0. The van der Waals surface area contributed by atoms with Gasteiger partial charge in [0.1, 0.15) is 11.2 Å². The van der Waals surface area contributed by atoms with Gasteiger partial charge < -0.3 is 8.83 Å². The second kappa shape index (κ2) is 9.69. The van der Waals surface area contributed by atoms with Crippen molar-refractivity contribution in [2.24, 2.45) is 0 Å². The van der Waals surface area contributed by atoms with Gasteiger partial charge in [0.05, 0.1) is 0 Å². The lowest BCUT2D eigenvalue weighted by Gasteiger charge is -2.18. The van der Waals surface area contributed by atoms with Crippen LogP contribution in [0, 0.1) is 0 Å². The third-order valence-electron chi connectivity index (χ3n) is 9.48. The van der Waals surface area contributed by atoms with Gasteiger partial charge in [-0.25, -0.2) is 0 Å². The molecular formula is C44H26O2. The highest BCUT2D eigenvalue weighted by Gasteiger charge is 2.19. The molecule has 0 unspecified atom stereocenters. The van der Waals surface area contributed by atoms with E-state index < -0.39 is 0 Å². The average Bonchev–Trinajstić information content (AvgIpc) is 3.69. The van der Waals surface area contributed by atoms with Crippen LogP contribution >= 0.6 is 0 Å². The first-order valence-electron chi connectivity index (χ1n) is 15.7. The molecule has 0 bridgehead atoms. The van der Waals surface area contributed by atoms with Crippen molar-refractivity contribution in [1.82, 2.24) is 0 Å². The summed E-state index contributed by atoms with van der Waals surface area (Å²) in [6.45, 7) is 0. The van der Waals surface area contributed by atoms with E-state index in [1.165, 1.54) is 54.9 Å². The lowest BCUT2D eigenvalue weighted by Crippen LogP contribution is -1.91. The zero-order valence-corrected chi connectivity index (χ0v) is 24.8. The van der Waals surface area contributed by atoms with Crippen LogP contribution in [0.2, 0.25) is 0 Å². The zero-order valence-electron chi connectivity index (χ0n) is 24.8. The molecule has 0 spiro atoms. The minimum Gasteiger partial charge on any atom is -0.452 e. The fourth-order valence-electron chi connectivity index (χ4n) is 7.38. The molecule has 2 nitrogen and oxygen atoms in total. The van der Waals surface area contributed by atoms with Crippen molar-refractivity contribution < 1.29 is 8.83 Å². The molecule has 10 rings (SSSR count). The first-order valence-corrected chi connectivity index (χ1v) is 15.7. The van der Waals surface area contributed by atoms with E-state index in [1.54, 1.807) is 0 Å². The Hall–Kier alpha value is -6.12. The van der Waals surface area contributed by atoms with Gasteiger partial charge >= 0.3 is 0 Å². The molecule has 2 aromatic heterocycles. The largest absolute Gasteiger partial charge is 0.452 e. The van der Waals surface area contributed by atoms with Crippen LogP contribution in [0.15, 0.2) is 167 Å². The van der Waals surface area contributed by atoms with Crippen molar-refractivity contribution in [1.29, 1.82) is 0 Å². The van der Waals surface area contributed by atoms with Gasteiger partial charge in [0, 0.05) is 21.5 Å². The molecule has 0 aliphatic rings. The zero-order chi connectivity index (χ0) is 30.2. The van der Waals surface area contributed by atoms with Gasteiger partial charge in [-0.05, 0) is 85.3 Å². The summed E-state index contributed by atoms with van der Waals surface area (Å²) in [5.74, 6) is 0. The fourth-order valence-corrected chi connectivity index (χ4v) is 7.38. The maximum Gasteiger partial charge on any atom is 0.178 e. The van der Waals surface area contributed by atoms with Crippen LogP contribution in [0.25, 0.3) is 98.8 Å². The summed E-state index contributed by atoms with van der Waals surface area (Å²) in [5.41, 5.74) is 10.6. The molecule has 0 aliphatic carbocycles. The van der Waals surface area contributed by atoms with E-state index in [1.807, 2.05) is 18.2 Å². The van der Waals surface area contributed by atoms with Crippen LogP contribution in [-0.4, -0.2) is 0 Å². The second-order valence-corrected chi connectivity index (χ2v) is 12.0. The lowest BCUT2D eigenvalue weighted by atomic mass is 9.85. The van der Waals surface area contributed by atoms with Crippen LogP contribution in [0.5, 0.6) is 0 Å². The van der Waals surface area contributed by atoms with E-state index >= 15 is 0 Å². The van der Waals surface area contributed by atoms with Crippen LogP contribution in [-0.2, 0) is 0 Å². The molecule has 0 N–H and O–H groups in total. The molecular weight excluding hydrogens is 560 g/mol. The maximum atomic E-state index is 6.49. The number of para-hydroxylation sites is 1. The number of fused-ring (bicyclic) bond motifs is 9. The second-order valence-electron chi connectivity index (χ2n) is 12.0. The Morgan fingerprint density at radius 1 is 0.261 bits per heavy atom. The van der Waals surface area contributed by atoms with Crippen LogP contribution in [0.1, 0.15) is 0 Å². The summed E-state index contributed by atoms with van der Waals surface area (Å²) in [5, 5.41) is 9.27. The minimum absolute atomic E-state index is 0.796. The fraction of sp³-hybridized carbons (Fsp3) is 0. The normalized spacial score (nSPS) is 11.9. The first kappa shape index (κ1) is 25.2. The van der Waals surface area contributed by atoms with Gasteiger partial charge in [-0.2, -0.15) is 0 Å². The molecule has 8 aromatic carbocycles. The SMILES string of the molecule is c1ccc(-c2ccc(-c3c4ccccc4c(-c4ccc5oc6c(ccc7c8ccccc8oc76)c5c4)c4ccccc34)cc2)cc1.